The smallest absolute Gasteiger partial charge is 0.190 e. The summed E-state index contributed by atoms with van der Waals surface area (Å²) in [4.78, 5) is 0. The third-order valence-electron chi connectivity index (χ3n) is 2.12. The molecule has 15 heavy (non-hydrogen) atoms. The van der Waals surface area contributed by atoms with Gasteiger partial charge in [-0.05, 0) is 6.66 Å². The molecule has 0 radical (unpaired) electrons. The van der Waals surface area contributed by atoms with Gasteiger partial charge >= 0.3 is 0 Å². The molecule has 0 aromatic carbocycles. The van der Waals surface area contributed by atoms with Crippen molar-refractivity contribution in [2.24, 2.45) is 0 Å². The highest BCUT2D eigenvalue weighted by atomic mass is 32.0. The summed E-state index contributed by atoms with van der Waals surface area (Å²) in [5.74, 6) is 0. The minimum Gasteiger partial charge on any atom is -0.394 e. The number of rotatable bonds is 3. The lowest BCUT2D eigenvalue weighted by atomic mass is 10.00. The number of ether oxygens (including phenoxy) is 1. The maximum Gasteiger partial charge on any atom is 0.190 e. The minimum atomic E-state index is -1.37. The molecule has 0 aromatic heterocycles. The van der Waals surface area contributed by atoms with E-state index in [-0.39, 0.29) is 0 Å². The Morgan fingerprint density at radius 1 is 1.27 bits per heavy atom. The molecule has 1 rings (SSSR count). The summed E-state index contributed by atoms with van der Waals surface area (Å²) >= 11 is 0. The summed E-state index contributed by atoms with van der Waals surface area (Å²) in [6.07, 6.45) is -5.95. The predicted molar refractivity (Wildman–Crippen MR) is 57.4 cm³/mol. The van der Waals surface area contributed by atoms with Crippen LogP contribution in [0.1, 0.15) is 0 Å². The molecule has 1 aliphatic heterocycles. The van der Waals surface area contributed by atoms with Crippen LogP contribution >= 0.6 is 16.8 Å². The summed E-state index contributed by atoms with van der Waals surface area (Å²) in [6.45, 7) is 1.34. The van der Waals surface area contributed by atoms with Crippen molar-refractivity contribution >= 4 is 16.8 Å². The molecule has 1 aliphatic rings. The zero-order valence-electron chi connectivity index (χ0n) is 8.22. The number of aliphatic hydroxyl groups is 4. The van der Waals surface area contributed by atoms with Crippen molar-refractivity contribution in [3.8, 4) is 0 Å². The monoisotopic (exact) mass is 258 g/mol. The zero-order chi connectivity index (χ0) is 11.6. The first kappa shape index (κ1) is 13.7. The molecule has 4 N–H and O–H groups in total. The highest BCUT2D eigenvalue weighted by Crippen LogP contribution is 2.44. The Hall–Kier alpha value is 0.620. The molecule has 0 spiro atoms. The second-order valence-corrected chi connectivity index (χ2v) is 6.83. The van der Waals surface area contributed by atoms with E-state index in [2.05, 4.69) is 8.93 Å². The van der Waals surface area contributed by atoms with E-state index in [4.69, 9.17) is 14.4 Å². The van der Waals surface area contributed by atoms with Crippen LogP contribution in [0.25, 0.3) is 0 Å². The van der Waals surface area contributed by atoms with Crippen molar-refractivity contribution in [3.05, 3.63) is 0 Å². The molecule has 6 nitrogen and oxygen atoms in total. The lowest BCUT2D eigenvalue weighted by molar-refractivity contribution is -0.275. The molecule has 0 aliphatic carbocycles. The minimum absolute atomic E-state index is 0.441. The van der Waals surface area contributed by atoms with Crippen molar-refractivity contribution in [3.63, 3.8) is 0 Å². The second-order valence-electron chi connectivity index (χ2n) is 3.35. The fourth-order valence-electron chi connectivity index (χ4n) is 1.32. The molecule has 0 amide bonds. The highest BCUT2D eigenvalue weighted by Gasteiger charge is 2.44. The van der Waals surface area contributed by atoms with Gasteiger partial charge in [-0.2, -0.15) is 0 Å². The molecule has 7 atom stereocenters. The van der Waals surface area contributed by atoms with E-state index in [0.717, 1.165) is 0 Å². The normalized spacial score (nSPS) is 44.0. The Morgan fingerprint density at radius 2 is 1.87 bits per heavy atom. The summed E-state index contributed by atoms with van der Waals surface area (Å²) < 4.78 is 10.3. The Bertz CT molecular complexity index is 202. The third kappa shape index (κ3) is 3.29. The van der Waals surface area contributed by atoms with Gasteiger partial charge in [-0.3, -0.25) is 0 Å². The van der Waals surface area contributed by atoms with Crippen LogP contribution in [0.4, 0.5) is 0 Å². The van der Waals surface area contributed by atoms with Crippen LogP contribution in [0.5, 0.6) is 0 Å². The maximum atomic E-state index is 9.53. The van der Waals surface area contributed by atoms with Crippen molar-refractivity contribution in [1.29, 1.82) is 0 Å². The van der Waals surface area contributed by atoms with Gasteiger partial charge in [-0.15, -0.1) is 0 Å². The highest BCUT2D eigenvalue weighted by molar-refractivity contribution is 8.10. The van der Waals surface area contributed by atoms with Gasteiger partial charge in [0.05, 0.1) is 6.61 Å². The summed E-state index contributed by atoms with van der Waals surface area (Å²) in [5.41, 5.74) is 0. The van der Waals surface area contributed by atoms with E-state index < -0.39 is 45.1 Å². The molecule has 1 saturated heterocycles. The Balaban J connectivity index is 2.65. The Labute approximate surface area is 91.1 Å². The number of hydrogen-bond donors (Lipinski definition) is 4. The molecule has 1 fully saturated rings. The Morgan fingerprint density at radius 3 is 2.33 bits per heavy atom. The molecule has 8 heteroatoms. The van der Waals surface area contributed by atoms with Crippen molar-refractivity contribution in [2.75, 3.05) is 13.3 Å². The van der Waals surface area contributed by atoms with Crippen LogP contribution in [-0.4, -0.2) is 64.4 Å². The van der Waals surface area contributed by atoms with Crippen molar-refractivity contribution < 1.29 is 29.7 Å². The molecule has 0 aromatic rings. The van der Waals surface area contributed by atoms with Gasteiger partial charge in [0.15, 0.2) is 6.29 Å². The average Bonchev–Trinajstić information content (AvgIpc) is 2.18. The molecule has 4 unspecified atom stereocenters. The summed E-state index contributed by atoms with van der Waals surface area (Å²) in [7, 11) is 1.56. The van der Waals surface area contributed by atoms with E-state index in [1.807, 2.05) is 0 Å². The van der Waals surface area contributed by atoms with Crippen LogP contribution in [0.3, 0.4) is 0 Å². The molecule has 0 bridgehead atoms. The van der Waals surface area contributed by atoms with Crippen molar-refractivity contribution in [2.45, 2.75) is 30.7 Å². The van der Waals surface area contributed by atoms with Crippen molar-refractivity contribution in [1.82, 2.24) is 0 Å². The SMILES string of the molecule is CP(P)O[C@@H]1OC(CO)[C@@H](O)[C@H](O)C1O. The van der Waals surface area contributed by atoms with Gasteiger partial charge in [0.1, 0.15) is 24.4 Å². The largest absolute Gasteiger partial charge is 0.394 e. The van der Waals surface area contributed by atoms with Crippen LogP contribution < -0.4 is 0 Å². The summed E-state index contributed by atoms with van der Waals surface area (Å²) in [6, 6.07) is 0. The standard InChI is InChI=1S/C7H16O6P2/c1-15(14)13-7-6(11)5(10)4(9)3(2-8)12-7/h3-11H,2,14H2,1H3/t3?,4-,5+,6?,7+,15?/m1/s1. The zero-order valence-corrected chi connectivity index (χ0v) is 10.3. The first-order chi connectivity index (χ1) is 6.97. The first-order valence-corrected chi connectivity index (χ1v) is 7.75. The van der Waals surface area contributed by atoms with Crippen LogP contribution in [-0.2, 0) is 9.26 Å². The van der Waals surface area contributed by atoms with E-state index >= 15 is 0 Å². The van der Waals surface area contributed by atoms with E-state index in [1.165, 1.54) is 0 Å². The third-order valence-corrected chi connectivity index (χ3v) is 3.02. The van der Waals surface area contributed by atoms with Crippen LogP contribution in [0, 0.1) is 0 Å². The van der Waals surface area contributed by atoms with Gasteiger partial charge in [0, 0.05) is 7.84 Å². The first-order valence-electron chi connectivity index (χ1n) is 4.43. The molecule has 0 saturated carbocycles. The lowest BCUT2D eigenvalue weighted by Gasteiger charge is -2.40. The number of hydrogen-bond acceptors (Lipinski definition) is 6. The lowest BCUT2D eigenvalue weighted by Crippen LogP contribution is -2.58. The quantitative estimate of drug-likeness (QED) is 0.466. The van der Waals surface area contributed by atoms with Gasteiger partial charge in [0.2, 0.25) is 0 Å². The Kier molecular flexibility index (Phi) is 5.29. The fraction of sp³-hybridized carbons (Fsp3) is 1.00. The second kappa shape index (κ2) is 5.80. The average molecular weight is 258 g/mol. The topological polar surface area (TPSA) is 99.4 Å². The van der Waals surface area contributed by atoms with Gasteiger partial charge < -0.3 is 29.7 Å². The van der Waals surface area contributed by atoms with Gasteiger partial charge in [-0.25, -0.2) is 0 Å². The van der Waals surface area contributed by atoms with Crippen LogP contribution in [0.2, 0.25) is 0 Å². The molecular weight excluding hydrogens is 242 g/mol. The van der Waals surface area contributed by atoms with Gasteiger partial charge in [0.25, 0.3) is 0 Å². The van der Waals surface area contributed by atoms with Gasteiger partial charge in [-0.1, -0.05) is 8.93 Å². The predicted octanol–water partition coefficient (Wildman–Crippen LogP) is -1.38. The van der Waals surface area contributed by atoms with E-state index in [1.54, 1.807) is 6.66 Å². The fourth-order valence-corrected chi connectivity index (χ4v) is 2.18. The molecule has 90 valence electrons. The number of aliphatic hydroxyl groups excluding tert-OH is 4. The van der Waals surface area contributed by atoms with E-state index in [9.17, 15) is 15.3 Å². The molecular formula is C7H16O6P2. The summed E-state index contributed by atoms with van der Waals surface area (Å²) in [5, 5.41) is 37.3. The molecule has 1 heterocycles. The maximum absolute atomic E-state index is 9.53. The van der Waals surface area contributed by atoms with Crippen LogP contribution in [0.15, 0.2) is 0 Å². The van der Waals surface area contributed by atoms with E-state index in [0.29, 0.717) is 0 Å².